The molecule has 0 fully saturated rings. The van der Waals surface area contributed by atoms with E-state index in [1.54, 1.807) is 30.3 Å². The Morgan fingerprint density at radius 2 is 1.66 bits per heavy atom. The summed E-state index contributed by atoms with van der Waals surface area (Å²) in [6.45, 7) is 0.331. The summed E-state index contributed by atoms with van der Waals surface area (Å²) in [4.78, 5) is 0. The molecule has 0 bridgehead atoms. The number of hydrogen-bond donors (Lipinski definition) is 1. The quantitative estimate of drug-likeness (QED) is 0.393. The van der Waals surface area contributed by atoms with Crippen molar-refractivity contribution in [1.82, 2.24) is 5.16 Å². The van der Waals surface area contributed by atoms with Crippen LogP contribution >= 0.6 is 0 Å². The molecular weight excluding hydrogens is 388 g/mol. The standard InChI is InChI=1S/C21H14F4N2O2/c22-18-9-3-8-17-19(18)29-27-20(17)26-12-13-4-1-6-15(10-13)28-16-7-2-5-14(11-16)21(23,24)25/h1-11H,12H2,(H,26,27). The Morgan fingerprint density at radius 1 is 0.931 bits per heavy atom. The molecule has 8 heteroatoms. The smallest absolute Gasteiger partial charge is 0.416 e. The zero-order valence-electron chi connectivity index (χ0n) is 14.8. The van der Waals surface area contributed by atoms with Crippen molar-refractivity contribution in [2.75, 3.05) is 5.32 Å². The van der Waals surface area contributed by atoms with Gasteiger partial charge in [0.25, 0.3) is 0 Å². The highest BCUT2D eigenvalue weighted by molar-refractivity contribution is 5.88. The van der Waals surface area contributed by atoms with Crippen molar-refractivity contribution in [2.45, 2.75) is 12.7 Å². The number of para-hydroxylation sites is 1. The second-order valence-corrected chi connectivity index (χ2v) is 6.28. The van der Waals surface area contributed by atoms with Gasteiger partial charge in [0.1, 0.15) is 11.5 Å². The first-order valence-corrected chi connectivity index (χ1v) is 8.62. The van der Waals surface area contributed by atoms with Crippen LogP contribution in [0.25, 0.3) is 11.0 Å². The summed E-state index contributed by atoms with van der Waals surface area (Å²) in [5.41, 5.74) is 0.0802. The van der Waals surface area contributed by atoms with Crippen LogP contribution in [-0.4, -0.2) is 5.16 Å². The number of nitrogens with zero attached hydrogens (tertiary/aromatic N) is 1. The van der Waals surface area contributed by atoms with Crippen molar-refractivity contribution in [3.63, 3.8) is 0 Å². The zero-order chi connectivity index (χ0) is 20.4. The monoisotopic (exact) mass is 402 g/mol. The molecule has 3 aromatic carbocycles. The van der Waals surface area contributed by atoms with Crippen molar-refractivity contribution in [3.05, 3.63) is 83.7 Å². The van der Waals surface area contributed by atoms with E-state index in [2.05, 4.69) is 10.5 Å². The SMILES string of the molecule is Fc1cccc2c(NCc3cccc(Oc4cccc(C(F)(F)F)c4)c3)noc12. The third-order valence-electron chi connectivity index (χ3n) is 4.21. The van der Waals surface area contributed by atoms with Gasteiger partial charge in [-0.2, -0.15) is 13.2 Å². The fraction of sp³-hybridized carbons (Fsp3) is 0.0952. The summed E-state index contributed by atoms with van der Waals surface area (Å²) in [6, 6.07) is 16.1. The lowest BCUT2D eigenvalue weighted by Gasteiger charge is -2.11. The molecule has 0 atom stereocenters. The Morgan fingerprint density at radius 3 is 2.45 bits per heavy atom. The maximum Gasteiger partial charge on any atom is 0.416 e. The van der Waals surface area contributed by atoms with Crippen molar-refractivity contribution < 1.29 is 26.8 Å². The van der Waals surface area contributed by atoms with Gasteiger partial charge in [-0.15, -0.1) is 0 Å². The molecule has 0 aliphatic rings. The lowest BCUT2D eigenvalue weighted by atomic mass is 10.2. The third kappa shape index (κ3) is 4.16. The highest BCUT2D eigenvalue weighted by atomic mass is 19.4. The molecule has 4 aromatic rings. The number of nitrogens with one attached hydrogen (secondary N) is 1. The van der Waals surface area contributed by atoms with Crippen molar-refractivity contribution in [3.8, 4) is 11.5 Å². The number of hydrogen-bond acceptors (Lipinski definition) is 4. The first-order valence-electron chi connectivity index (χ1n) is 8.62. The van der Waals surface area contributed by atoms with E-state index in [1.807, 2.05) is 6.07 Å². The van der Waals surface area contributed by atoms with Crippen LogP contribution in [0.2, 0.25) is 0 Å². The van der Waals surface area contributed by atoms with E-state index in [0.29, 0.717) is 23.5 Å². The molecular formula is C21H14F4N2O2. The average Bonchev–Trinajstić information content (AvgIpc) is 3.11. The molecule has 0 saturated heterocycles. The molecule has 0 radical (unpaired) electrons. The Bertz CT molecular complexity index is 1150. The van der Waals surface area contributed by atoms with E-state index < -0.39 is 17.6 Å². The lowest BCUT2D eigenvalue weighted by Crippen LogP contribution is -2.04. The van der Waals surface area contributed by atoms with Crippen molar-refractivity contribution in [1.29, 1.82) is 0 Å². The maximum atomic E-state index is 13.7. The second-order valence-electron chi connectivity index (χ2n) is 6.28. The Kier molecular flexibility index (Phi) is 4.84. The minimum Gasteiger partial charge on any atom is -0.457 e. The van der Waals surface area contributed by atoms with Crippen LogP contribution in [0, 0.1) is 5.82 Å². The number of aromatic nitrogens is 1. The molecule has 0 saturated carbocycles. The van der Waals surface area contributed by atoms with Crippen LogP contribution in [0.4, 0.5) is 23.4 Å². The number of benzene rings is 3. The van der Waals surface area contributed by atoms with Crippen LogP contribution in [-0.2, 0) is 12.7 Å². The van der Waals surface area contributed by atoms with E-state index >= 15 is 0 Å². The van der Waals surface area contributed by atoms with E-state index in [4.69, 9.17) is 9.26 Å². The molecule has 4 rings (SSSR count). The number of fused-ring (bicyclic) bond motifs is 1. The van der Waals surface area contributed by atoms with Gasteiger partial charge in [0.2, 0.25) is 5.58 Å². The van der Waals surface area contributed by atoms with Crippen LogP contribution in [0.3, 0.4) is 0 Å². The summed E-state index contributed by atoms with van der Waals surface area (Å²) < 4.78 is 62.8. The predicted octanol–water partition coefficient (Wildman–Crippen LogP) is 6.39. The molecule has 0 aliphatic carbocycles. The minimum absolute atomic E-state index is 0.0663. The number of anilines is 1. The summed E-state index contributed by atoms with van der Waals surface area (Å²) in [5.74, 6) is 0.366. The van der Waals surface area contributed by atoms with E-state index in [9.17, 15) is 17.6 Å². The van der Waals surface area contributed by atoms with Gasteiger partial charge in [-0.1, -0.05) is 29.4 Å². The first-order chi connectivity index (χ1) is 13.9. The van der Waals surface area contributed by atoms with Crippen LogP contribution in [0.5, 0.6) is 11.5 Å². The molecule has 0 aliphatic heterocycles. The fourth-order valence-corrected chi connectivity index (χ4v) is 2.83. The molecule has 1 aromatic heterocycles. The van der Waals surface area contributed by atoms with Gasteiger partial charge in [0, 0.05) is 6.54 Å². The second kappa shape index (κ2) is 7.46. The maximum absolute atomic E-state index is 13.7. The van der Waals surface area contributed by atoms with E-state index in [-0.39, 0.29) is 11.3 Å². The summed E-state index contributed by atoms with van der Waals surface area (Å²) in [7, 11) is 0. The normalized spacial score (nSPS) is 11.6. The molecule has 1 heterocycles. The summed E-state index contributed by atoms with van der Waals surface area (Å²) in [5, 5.41) is 7.40. The van der Waals surface area contributed by atoms with Crippen LogP contribution in [0.1, 0.15) is 11.1 Å². The highest BCUT2D eigenvalue weighted by Crippen LogP contribution is 2.33. The number of rotatable bonds is 5. The van der Waals surface area contributed by atoms with Crippen molar-refractivity contribution >= 4 is 16.8 Å². The lowest BCUT2D eigenvalue weighted by molar-refractivity contribution is -0.137. The average molecular weight is 402 g/mol. The highest BCUT2D eigenvalue weighted by Gasteiger charge is 2.30. The van der Waals surface area contributed by atoms with Gasteiger partial charge < -0.3 is 14.6 Å². The van der Waals surface area contributed by atoms with Gasteiger partial charge >= 0.3 is 6.18 Å². The van der Waals surface area contributed by atoms with Gasteiger partial charge in [-0.25, -0.2) is 4.39 Å². The Hall–Kier alpha value is -3.55. The summed E-state index contributed by atoms with van der Waals surface area (Å²) in [6.07, 6.45) is -4.44. The molecule has 29 heavy (non-hydrogen) atoms. The number of ether oxygens (including phenoxy) is 1. The Labute approximate surface area is 162 Å². The van der Waals surface area contributed by atoms with Gasteiger partial charge in [-0.3, -0.25) is 0 Å². The van der Waals surface area contributed by atoms with E-state index in [0.717, 1.165) is 17.7 Å². The molecule has 4 nitrogen and oxygen atoms in total. The van der Waals surface area contributed by atoms with Crippen LogP contribution in [0.15, 0.2) is 71.3 Å². The number of halogens is 4. The molecule has 148 valence electrons. The van der Waals surface area contributed by atoms with Crippen LogP contribution < -0.4 is 10.1 Å². The predicted molar refractivity (Wildman–Crippen MR) is 99.3 cm³/mol. The molecule has 0 unspecified atom stereocenters. The topological polar surface area (TPSA) is 47.3 Å². The largest absolute Gasteiger partial charge is 0.457 e. The molecule has 0 amide bonds. The Balaban J connectivity index is 1.48. The van der Waals surface area contributed by atoms with Crippen molar-refractivity contribution in [2.24, 2.45) is 0 Å². The fourth-order valence-electron chi connectivity index (χ4n) is 2.83. The van der Waals surface area contributed by atoms with Gasteiger partial charge in [0.15, 0.2) is 11.6 Å². The van der Waals surface area contributed by atoms with E-state index in [1.165, 1.54) is 18.2 Å². The number of alkyl halides is 3. The first kappa shape index (κ1) is 18.8. The van der Waals surface area contributed by atoms with Gasteiger partial charge in [-0.05, 0) is 48.0 Å². The molecule has 0 spiro atoms. The summed E-state index contributed by atoms with van der Waals surface area (Å²) >= 11 is 0. The third-order valence-corrected chi connectivity index (χ3v) is 4.21. The van der Waals surface area contributed by atoms with Gasteiger partial charge in [0.05, 0.1) is 10.9 Å². The molecule has 1 N–H and O–H groups in total. The zero-order valence-corrected chi connectivity index (χ0v) is 14.8. The minimum atomic E-state index is -4.44.